The summed E-state index contributed by atoms with van der Waals surface area (Å²) in [5, 5.41) is 6.12. The van der Waals surface area contributed by atoms with Crippen LogP contribution in [-0.2, 0) is 14.3 Å². The van der Waals surface area contributed by atoms with Gasteiger partial charge in [0.2, 0.25) is 0 Å². The van der Waals surface area contributed by atoms with Gasteiger partial charge in [-0.05, 0) is 29.6 Å². The first-order valence-electron chi connectivity index (χ1n) is 5.58. The molecule has 0 amide bonds. The summed E-state index contributed by atoms with van der Waals surface area (Å²) in [4.78, 5) is 10.7. The lowest BCUT2D eigenvalue weighted by Gasteiger charge is -2.09. The standard InChI is InChI=1S/C11H21IN2O3/c1-10(17-7-4-11(12)15)3-6-16-8-5-14-9-13-2/h13-14H,1,3-9H2,2H3. The number of carbonyl (C=O) groups excluding carboxylic acids is 1. The average molecular weight is 356 g/mol. The molecule has 0 saturated heterocycles. The molecule has 0 rings (SSSR count). The summed E-state index contributed by atoms with van der Waals surface area (Å²) in [5.41, 5.74) is 0. The fourth-order valence-electron chi connectivity index (χ4n) is 0.994. The smallest absolute Gasteiger partial charge is 0.195 e. The molecule has 0 aromatic carbocycles. The highest BCUT2D eigenvalue weighted by atomic mass is 127. The second-order valence-electron chi connectivity index (χ2n) is 3.38. The molecule has 0 bridgehead atoms. The molecule has 0 aromatic heterocycles. The predicted octanol–water partition coefficient (Wildman–Crippen LogP) is 1.04. The van der Waals surface area contributed by atoms with Crippen LogP contribution in [0.1, 0.15) is 12.8 Å². The molecular formula is C11H21IN2O3. The van der Waals surface area contributed by atoms with E-state index in [4.69, 9.17) is 9.47 Å². The quantitative estimate of drug-likeness (QED) is 0.180. The lowest BCUT2D eigenvalue weighted by Crippen LogP contribution is -2.28. The maximum atomic E-state index is 10.7. The highest BCUT2D eigenvalue weighted by Gasteiger charge is 1.98. The van der Waals surface area contributed by atoms with Crippen LogP contribution in [-0.4, -0.2) is 43.9 Å². The van der Waals surface area contributed by atoms with Gasteiger partial charge in [0.15, 0.2) is 3.79 Å². The van der Waals surface area contributed by atoms with Gasteiger partial charge >= 0.3 is 0 Å². The van der Waals surface area contributed by atoms with Crippen LogP contribution in [0, 0.1) is 0 Å². The monoisotopic (exact) mass is 356 g/mol. The Morgan fingerprint density at radius 2 is 2.06 bits per heavy atom. The minimum absolute atomic E-state index is 0.0993. The van der Waals surface area contributed by atoms with Gasteiger partial charge in [-0.1, -0.05) is 6.58 Å². The lowest BCUT2D eigenvalue weighted by atomic mass is 10.4. The van der Waals surface area contributed by atoms with Crippen molar-refractivity contribution in [2.24, 2.45) is 0 Å². The molecule has 5 nitrogen and oxygen atoms in total. The van der Waals surface area contributed by atoms with E-state index >= 15 is 0 Å². The molecule has 0 fully saturated rings. The van der Waals surface area contributed by atoms with Crippen molar-refractivity contribution < 1.29 is 14.3 Å². The van der Waals surface area contributed by atoms with Gasteiger partial charge in [-0.2, -0.15) is 0 Å². The number of nitrogens with one attached hydrogen (secondary N) is 2. The first kappa shape index (κ1) is 16.8. The Kier molecular flexibility index (Phi) is 12.2. The summed E-state index contributed by atoms with van der Waals surface area (Å²) in [6, 6.07) is 0. The number of halogens is 1. The zero-order chi connectivity index (χ0) is 12.9. The van der Waals surface area contributed by atoms with Crippen molar-refractivity contribution in [2.75, 3.05) is 40.1 Å². The molecule has 0 unspecified atom stereocenters. The third kappa shape index (κ3) is 13.8. The topological polar surface area (TPSA) is 59.6 Å². The first-order valence-corrected chi connectivity index (χ1v) is 6.66. The maximum absolute atomic E-state index is 10.7. The molecule has 0 aliphatic carbocycles. The summed E-state index contributed by atoms with van der Waals surface area (Å²) in [6.45, 7) is 7.03. The highest BCUT2D eigenvalue weighted by molar-refractivity contribution is 14.1. The number of hydrogen-bond donors (Lipinski definition) is 2. The number of ether oxygens (including phenoxy) is 2. The summed E-state index contributed by atoms with van der Waals surface area (Å²) in [5.74, 6) is 0.672. The van der Waals surface area contributed by atoms with Gasteiger partial charge in [-0.3, -0.25) is 4.79 Å². The Morgan fingerprint density at radius 1 is 1.29 bits per heavy atom. The van der Waals surface area contributed by atoms with Crippen LogP contribution in [0.2, 0.25) is 0 Å². The van der Waals surface area contributed by atoms with Crippen LogP contribution in [0.15, 0.2) is 12.3 Å². The predicted molar refractivity (Wildman–Crippen MR) is 76.1 cm³/mol. The van der Waals surface area contributed by atoms with Crippen LogP contribution < -0.4 is 10.6 Å². The first-order chi connectivity index (χ1) is 8.16. The maximum Gasteiger partial charge on any atom is 0.195 e. The molecule has 0 aliphatic heterocycles. The normalized spacial score (nSPS) is 10.2. The minimum atomic E-state index is 0.0993. The Bertz CT molecular complexity index is 225. The van der Waals surface area contributed by atoms with E-state index in [1.807, 2.05) is 7.05 Å². The average Bonchev–Trinajstić information content (AvgIpc) is 2.27. The van der Waals surface area contributed by atoms with E-state index < -0.39 is 0 Å². The van der Waals surface area contributed by atoms with Crippen molar-refractivity contribution in [3.05, 3.63) is 12.3 Å². The van der Waals surface area contributed by atoms with Gasteiger partial charge in [-0.15, -0.1) is 0 Å². The molecule has 0 saturated carbocycles. The molecule has 100 valence electrons. The van der Waals surface area contributed by atoms with E-state index in [0.29, 0.717) is 38.4 Å². The largest absolute Gasteiger partial charge is 0.498 e. The molecule has 0 aromatic rings. The van der Waals surface area contributed by atoms with E-state index in [9.17, 15) is 4.79 Å². The zero-order valence-electron chi connectivity index (χ0n) is 10.3. The fourth-order valence-corrected chi connectivity index (χ4v) is 1.21. The third-order valence-corrected chi connectivity index (χ3v) is 2.39. The van der Waals surface area contributed by atoms with E-state index in [0.717, 1.165) is 13.2 Å². The molecule has 0 heterocycles. The summed E-state index contributed by atoms with van der Waals surface area (Å²) in [7, 11) is 1.88. The van der Waals surface area contributed by atoms with Crippen molar-refractivity contribution >= 4 is 26.4 Å². The van der Waals surface area contributed by atoms with Crippen molar-refractivity contribution in [3.63, 3.8) is 0 Å². The van der Waals surface area contributed by atoms with E-state index in [2.05, 4.69) is 17.2 Å². The lowest BCUT2D eigenvalue weighted by molar-refractivity contribution is -0.110. The number of hydrogen-bond acceptors (Lipinski definition) is 5. The van der Waals surface area contributed by atoms with E-state index in [1.165, 1.54) is 0 Å². The fraction of sp³-hybridized carbons (Fsp3) is 0.727. The Labute approximate surface area is 116 Å². The van der Waals surface area contributed by atoms with Gasteiger partial charge in [0.1, 0.15) is 0 Å². The third-order valence-electron chi connectivity index (χ3n) is 1.85. The second kappa shape index (κ2) is 12.3. The van der Waals surface area contributed by atoms with Crippen molar-refractivity contribution in [1.29, 1.82) is 0 Å². The summed E-state index contributed by atoms with van der Waals surface area (Å²) >= 11 is 1.75. The van der Waals surface area contributed by atoms with E-state index in [1.54, 1.807) is 22.6 Å². The molecule has 0 aliphatic rings. The van der Waals surface area contributed by atoms with Crippen molar-refractivity contribution in [3.8, 4) is 0 Å². The van der Waals surface area contributed by atoms with Gasteiger partial charge in [-0.25, -0.2) is 0 Å². The zero-order valence-corrected chi connectivity index (χ0v) is 12.4. The molecule has 0 atom stereocenters. The van der Waals surface area contributed by atoms with Gasteiger partial charge in [0.05, 0.1) is 32.0 Å². The highest BCUT2D eigenvalue weighted by Crippen LogP contribution is 2.03. The van der Waals surface area contributed by atoms with Crippen LogP contribution in [0.3, 0.4) is 0 Å². The molecule has 2 N–H and O–H groups in total. The SMILES string of the molecule is C=C(CCOCCNCNC)OCCC(=O)I. The van der Waals surface area contributed by atoms with Crippen molar-refractivity contribution in [2.45, 2.75) is 12.8 Å². The van der Waals surface area contributed by atoms with Gasteiger partial charge < -0.3 is 20.1 Å². The van der Waals surface area contributed by atoms with Gasteiger partial charge in [0, 0.05) is 19.6 Å². The Morgan fingerprint density at radius 3 is 2.71 bits per heavy atom. The number of rotatable bonds is 12. The van der Waals surface area contributed by atoms with Crippen LogP contribution in [0.5, 0.6) is 0 Å². The Balaban J connectivity index is 3.19. The minimum Gasteiger partial charge on any atom is -0.498 e. The molecular weight excluding hydrogens is 335 g/mol. The molecule has 0 radical (unpaired) electrons. The van der Waals surface area contributed by atoms with Crippen LogP contribution >= 0.6 is 22.6 Å². The molecule has 6 heteroatoms. The summed E-state index contributed by atoms with van der Waals surface area (Å²) < 4.78 is 10.8. The molecule has 0 spiro atoms. The van der Waals surface area contributed by atoms with Crippen LogP contribution in [0.4, 0.5) is 0 Å². The van der Waals surface area contributed by atoms with Crippen molar-refractivity contribution in [1.82, 2.24) is 10.6 Å². The summed E-state index contributed by atoms with van der Waals surface area (Å²) in [6.07, 6.45) is 1.09. The molecule has 17 heavy (non-hydrogen) atoms. The van der Waals surface area contributed by atoms with E-state index in [-0.39, 0.29) is 3.79 Å². The Hall–Kier alpha value is -0.180. The second-order valence-corrected chi connectivity index (χ2v) is 4.59. The number of carbonyl (C=O) groups is 1. The van der Waals surface area contributed by atoms with Crippen LogP contribution in [0.25, 0.3) is 0 Å². The van der Waals surface area contributed by atoms with Gasteiger partial charge in [0.25, 0.3) is 0 Å².